The van der Waals surface area contributed by atoms with Crippen molar-refractivity contribution >= 4 is 5.97 Å². The Hall–Kier alpha value is -0.610. The van der Waals surface area contributed by atoms with Gasteiger partial charge >= 0.3 is 5.97 Å². The van der Waals surface area contributed by atoms with Gasteiger partial charge in [-0.05, 0) is 46.3 Å². The molecule has 4 heteroatoms. The van der Waals surface area contributed by atoms with Crippen LogP contribution in [0.15, 0.2) is 0 Å². The van der Waals surface area contributed by atoms with Crippen molar-refractivity contribution in [2.75, 3.05) is 46.9 Å². The van der Waals surface area contributed by atoms with Crippen molar-refractivity contribution in [1.82, 2.24) is 9.80 Å². The number of carbonyl (C=O) groups excluding carboxylic acids is 1. The van der Waals surface area contributed by atoms with E-state index in [4.69, 9.17) is 4.74 Å². The molecule has 1 unspecified atom stereocenters. The maximum absolute atomic E-state index is 11.3. The Morgan fingerprint density at radius 3 is 2.94 bits per heavy atom. The van der Waals surface area contributed by atoms with E-state index in [0.717, 1.165) is 13.1 Å². The third kappa shape index (κ3) is 4.94. The molecule has 1 heterocycles. The topological polar surface area (TPSA) is 32.8 Å². The molecule has 0 N–H and O–H groups in total. The van der Waals surface area contributed by atoms with Crippen LogP contribution in [-0.2, 0) is 9.53 Å². The number of carbonyl (C=O) groups is 1. The first-order valence-corrected chi connectivity index (χ1v) is 6.14. The standard InChI is InChI=1S/C12H24N2O2/c1-4-16-12(15)10-14(3)9-11-6-5-7-13(2)8-11/h11H,4-10H2,1-3H3. The van der Waals surface area contributed by atoms with E-state index in [1.165, 1.54) is 19.4 Å². The van der Waals surface area contributed by atoms with Crippen molar-refractivity contribution in [1.29, 1.82) is 0 Å². The predicted molar refractivity (Wildman–Crippen MR) is 64.4 cm³/mol. The number of piperidine rings is 1. The average molecular weight is 228 g/mol. The number of hydrogen-bond acceptors (Lipinski definition) is 4. The lowest BCUT2D eigenvalue weighted by Crippen LogP contribution is -2.39. The summed E-state index contributed by atoms with van der Waals surface area (Å²) < 4.78 is 4.93. The summed E-state index contributed by atoms with van der Waals surface area (Å²) in [5, 5.41) is 0. The summed E-state index contributed by atoms with van der Waals surface area (Å²) in [6.07, 6.45) is 2.55. The molecule has 1 rings (SSSR count). The number of hydrogen-bond donors (Lipinski definition) is 0. The molecule has 0 aromatic carbocycles. The molecule has 1 saturated heterocycles. The monoisotopic (exact) mass is 228 g/mol. The van der Waals surface area contributed by atoms with E-state index in [0.29, 0.717) is 19.1 Å². The largest absolute Gasteiger partial charge is 0.465 e. The molecule has 0 bridgehead atoms. The lowest BCUT2D eigenvalue weighted by atomic mass is 9.98. The smallest absolute Gasteiger partial charge is 0.320 e. The highest BCUT2D eigenvalue weighted by Crippen LogP contribution is 2.15. The molecule has 0 amide bonds. The minimum atomic E-state index is -0.117. The van der Waals surface area contributed by atoms with Gasteiger partial charge in [0.05, 0.1) is 13.2 Å². The molecule has 1 aliphatic rings. The predicted octanol–water partition coefficient (Wildman–Crippen LogP) is 0.823. The molecule has 0 saturated carbocycles. The minimum absolute atomic E-state index is 0.117. The van der Waals surface area contributed by atoms with Crippen LogP contribution in [0.2, 0.25) is 0 Å². The van der Waals surface area contributed by atoms with Gasteiger partial charge in [-0.2, -0.15) is 0 Å². The van der Waals surface area contributed by atoms with E-state index in [1.807, 2.05) is 14.0 Å². The molecule has 0 aromatic rings. The van der Waals surface area contributed by atoms with Crippen LogP contribution in [0.25, 0.3) is 0 Å². The van der Waals surface area contributed by atoms with Gasteiger partial charge < -0.3 is 9.64 Å². The molecule has 1 fully saturated rings. The van der Waals surface area contributed by atoms with Gasteiger partial charge in [-0.3, -0.25) is 9.69 Å². The first-order chi connectivity index (χ1) is 7.61. The van der Waals surface area contributed by atoms with Crippen molar-refractivity contribution < 1.29 is 9.53 Å². The number of esters is 1. The van der Waals surface area contributed by atoms with E-state index in [1.54, 1.807) is 0 Å². The van der Waals surface area contributed by atoms with Crippen LogP contribution in [0.1, 0.15) is 19.8 Å². The van der Waals surface area contributed by atoms with Gasteiger partial charge in [0.2, 0.25) is 0 Å². The summed E-state index contributed by atoms with van der Waals surface area (Å²) >= 11 is 0. The Morgan fingerprint density at radius 1 is 1.56 bits per heavy atom. The molecule has 1 atom stereocenters. The Labute approximate surface area is 98.5 Å². The summed E-state index contributed by atoms with van der Waals surface area (Å²) in [6, 6.07) is 0. The Morgan fingerprint density at radius 2 is 2.31 bits per heavy atom. The number of likely N-dealkylation sites (tertiary alicyclic amines) is 1. The third-order valence-corrected chi connectivity index (χ3v) is 3.00. The second-order valence-corrected chi connectivity index (χ2v) is 4.77. The second kappa shape index (κ2) is 6.86. The average Bonchev–Trinajstić information content (AvgIpc) is 2.17. The van der Waals surface area contributed by atoms with Crippen LogP contribution >= 0.6 is 0 Å². The molecule has 94 valence electrons. The molecule has 0 radical (unpaired) electrons. The molecule has 1 aliphatic heterocycles. The molecular formula is C12H24N2O2. The van der Waals surface area contributed by atoms with Crippen molar-refractivity contribution in [3.63, 3.8) is 0 Å². The highest BCUT2D eigenvalue weighted by molar-refractivity contribution is 5.71. The minimum Gasteiger partial charge on any atom is -0.465 e. The number of likely N-dealkylation sites (N-methyl/N-ethyl adjacent to an activating group) is 1. The van der Waals surface area contributed by atoms with Gasteiger partial charge in [-0.25, -0.2) is 0 Å². The zero-order chi connectivity index (χ0) is 12.0. The van der Waals surface area contributed by atoms with Gasteiger partial charge in [-0.15, -0.1) is 0 Å². The van der Waals surface area contributed by atoms with Crippen LogP contribution in [0, 0.1) is 5.92 Å². The number of nitrogens with zero attached hydrogens (tertiary/aromatic N) is 2. The fourth-order valence-electron chi connectivity index (χ4n) is 2.35. The Bertz CT molecular complexity index is 221. The highest BCUT2D eigenvalue weighted by Gasteiger charge is 2.19. The lowest BCUT2D eigenvalue weighted by molar-refractivity contribution is -0.144. The van der Waals surface area contributed by atoms with E-state index in [9.17, 15) is 4.79 Å². The van der Waals surface area contributed by atoms with Gasteiger partial charge in [0.1, 0.15) is 0 Å². The summed E-state index contributed by atoms with van der Waals surface area (Å²) in [5.41, 5.74) is 0. The summed E-state index contributed by atoms with van der Waals surface area (Å²) in [5.74, 6) is 0.576. The van der Waals surface area contributed by atoms with Crippen LogP contribution in [0.4, 0.5) is 0 Å². The second-order valence-electron chi connectivity index (χ2n) is 4.77. The van der Waals surface area contributed by atoms with Crippen LogP contribution in [0.5, 0.6) is 0 Å². The Kier molecular flexibility index (Phi) is 5.77. The van der Waals surface area contributed by atoms with E-state index >= 15 is 0 Å². The van der Waals surface area contributed by atoms with Crippen molar-refractivity contribution in [3.05, 3.63) is 0 Å². The molecular weight excluding hydrogens is 204 g/mol. The summed E-state index contributed by atoms with van der Waals surface area (Å²) in [4.78, 5) is 15.7. The zero-order valence-electron chi connectivity index (χ0n) is 10.7. The molecule has 0 aromatic heterocycles. The normalized spacial score (nSPS) is 22.4. The fourth-order valence-corrected chi connectivity index (χ4v) is 2.35. The maximum Gasteiger partial charge on any atom is 0.320 e. The number of rotatable bonds is 5. The SMILES string of the molecule is CCOC(=O)CN(C)CC1CCCN(C)C1. The first kappa shape index (κ1) is 13.5. The first-order valence-electron chi connectivity index (χ1n) is 6.14. The molecule has 4 nitrogen and oxygen atoms in total. The zero-order valence-corrected chi connectivity index (χ0v) is 10.7. The molecule has 0 spiro atoms. The van der Waals surface area contributed by atoms with Crippen molar-refractivity contribution in [2.45, 2.75) is 19.8 Å². The third-order valence-electron chi connectivity index (χ3n) is 3.00. The highest BCUT2D eigenvalue weighted by atomic mass is 16.5. The van der Waals surface area contributed by atoms with Gasteiger partial charge in [0, 0.05) is 13.1 Å². The van der Waals surface area contributed by atoms with Crippen LogP contribution in [-0.4, -0.2) is 62.7 Å². The van der Waals surface area contributed by atoms with Gasteiger partial charge in [0.25, 0.3) is 0 Å². The fraction of sp³-hybridized carbons (Fsp3) is 0.917. The summed E-state index contributed by atoms with van der Waals surface area (Å²) in [6.45, 7) is 6.06. The quantitative estimate of drug-likeness (QED) is 0.652. The lowest BCUT2D eigenvalue weighted by Gasteiger charge is -2.32. The van der Waals surface area contributed by atoms with Gasteiger partial charge in [-0.1, -0.05) is 0 Å². The van der Waals surface area contributed by atoms with Crippen LogP contribution in [0.3, 0.4) is 0 Å². The van der Waals surface area contributed by atoms with E-state index in [2.05, 4.69) is 16.8 Å². The molecule has 16 heavy (non-hydrogen) atoms. The van der Waals surface area contributed by atoms with E-state index < -0.39 is 0 Å². The summed E-state index contributed by atoms with van der Waals surface area (Å²) in [7, 11) is 4.16. The van der Waals surface area contributed by atoms with Crippen molar-refractivity contribution in [3.8, 4) is 0 Å². The molecule has 0 aliphatic carbocycles. The van der Waals surface area contributed by atoms with Crippen molar-refractivity contribution in [2.24, 2.45) is 5.92 Å². The maximum atomic E-state index is 11.3. The Balaban J connectivity index is 2.22. The number of ether oxygens (including phenoxy) is 1. The van der Waals surface area contributed by atoms with Gasteiger partial charge in [0.15, 0.2) is 0 Å². The van der Waals surface area contributed by atoms with Crippen LogP contribution < -0.4 is 0 Å². The van der Waals surface area contributed by atoms with E-state index in [-0.39, 0.29) is 5.97 Å².